The number of rotatable bonds is 7. The van der Waals surface area contributed by atoms with Gasteiger partial charge in [0, 0.05) is 37.6 Å². The molecule has 1 N–H and O–H groups in total. The molecule has 1 aliphatic heterocycles. The van der Waals surface area contributed by atoms with Gasteiger partial charge >= 0.3 is 0 Å². The molecule has 1 aliphatic rings. The minimum absolute atomic E-state index is 0.415. The highest BCUT2D eigenvalue weighted by Gasteiger charge is 2.26. The van der Waals surface area contributed by atoms with E-state index in [2.05, 4.69) is 63.5 Å². The van der Waals surface area contributed by atoms with E-state index >= 15 is 0 Å². The molecular weight excluding hydrogens is 378 g/mol. The quantitative estimate of drug-likeness (QED) is 0.585. The van der Waals surface area contributed by atoms with E-state index in [4.69, 9.17) is 4.98 Å². The van der Waals surface area contributed by atoms with Crippen LogP contribution in [0.1, 0.15) is 24.6 Å². The molecule has 0 aliphatic carbocycles. The third kappa shape index (κ3) is 5.78. The summed E-state index contributed by atoms with van der Waals surface area (Å²) in [4.78, 5) is 16.1. The van der Waals surface area contributed by atoms with E-state index in [9.17, 15) is 0 Å². The molecule has 0 bridgehead atoms. The Bertz CT molecular complexity index is 890. The van der Waals surface area contributed by atoms with E-state index < -0.39 is 0 Å². The molecule has 3 heterocycles. The van der Waals surface area contributed by atoms with Gasteiger partial charge in [-0.15, -0.1) is 11.8 Å². The molecule has 1 fully saturated rings. The average molecular weight is 406 g/mol. The Morgan fingerprint density at radius 1 is 1.10 bits per heavy atom. The SMILES string of the molecule is CC1CN(Cc2ccccn2)CCC1Nc1cncc(SCc2ccccc2)n1. The Balaban J connectivity index is 1.30. The van der Waals surface area contributed by atoms with Crippen LogP contribution in [0.2, 0.25) is 0 Å². The summed E-state index contributed by atoms with van der Waals surface area (Å²) < 4.78 is 0. The number of thioether (sulfide) groups is 1. The first-order chi connectivity index (χ1) is 14.3. The number of hydrogen-bond donors (Lipinski definition) is 1. The molecule has 3 aromatic rings. The van der Waals surface area contributed by atoms with Gasteiger partial charge in [-0.1, -0.05) is 43.3 Å². The molecule has 2 unspecified atom stereocenters. The van der Waals surface area contributed by atoms with Crippen molar-refractivity contribution in [2.75, 3.05) is 18.4 Å². The van der Waals surface area contributed by atoms with Crippen LogP contribution in [-0.4, -0.2) is 39.0 Å². The van der Waals surface area contributed by atoms with Gasteiger partial charge in [-0.3, -0.25) is 14.9 Å². The Labute approximate surface area is 177 Å². The molecule has 0 saturated carbocycles. The lowest BCUT2D eigenvalue weighted by atomic mass is 9.93. The predicted octanol–water partition coefficient (Wildman–Crippen LogP) is 4.49. The van der Waals surface area contributed by atoms with Gasteiger partial charge in [0.15, 0.2) is 0 Å². The second kappa shape index (κ2) is 9.85. The smallest absolute Gasteiger partial charge is 0.146 e. The molecule has 2 atom stereocenters. The van der Waals surface area contributed by atoms with Crippen LogP contribution in [0.5, 0.6) is 0 Å². The summed E-state index contributed by atoms with van der Waals surface area (Å²) in [5, 5.41) is 4.58. The van der Waals surface area contributed by atoms with E-state index in [1.807, 2.05) is 30.7 Å². The Morgan fingerprint density at radius 3 is 2.76 bits per heavy atom. The summed E-state index contributed by atoms with van der Waals surface area (Å²) in [6.45, 7) is 5.35. The summed E-state index contributed by atoms with van der Waals surface area (Å²) >= 11 is 1.72. The average Bonchev–Trinajstić information content (AvgIpc) is 2.76. The van der Waals surface area contributed by atoms with Crippen LogP contribution < -0.4 is 5.32 Å². The van der Waals surface area contributed by atoms with Crippen molar-refractivity contribution in [2.45, 2.75) is 36.7 Å². The third-order valence-electron chi connectivity index (χ3n) is 5.28. The molecule has 0 radical (unpaired) electrons. The Kier molecular flexibility index (Phi) is 6.75. The lowest BCUT2D eigenvalue weighted by Gasteiger charge is -2.37. The summed E-state index contributed by atoms with van der Waals surface area (Å²) in [6, 6.07) is 17.0. The largest absolute Gasteiger partial charge is 0.366 e. The fourth-order valence-corrected chi connectivity index (χ4v) is 4.52. The van der Waals surface area contributed by atoms with Crippen molar-refractivity contribution in [3.8, 4) is 0 Å². The number of pyridine rings is 1. The molecule has 29 heavy (non-hydrogen) atoms. The fraction of sp³-hybridized carbons (Fsp3) is 0.348. The monoisotopic (exact) mass is 405 g/mol. The Hall–Kier alpha value is -2.44. The maximum Gasteiger partial charge on any atom is 0.146 e. The third-order valence-corrected chi connectivity index (χ3v) is 6.25. The number of nitrogens with zero attached hydrogens (tertiary/aromatic N) is 4. The van der Waals surface area contributed by atoms with Crippen LogP contribution in [0.3, 0.4) is 0 Å². The van der Waals surface area contributed by atoms with Gasteiger partial charge in [0.05, 0.1) is 18.1 Å². The molecular formula is C23H27N5S. The minimum Gasteiger partial charge on any atom is -0.366 e. The zero-order valence-electron chi connectivity index (χ0n) is 16.7. The predicted molar refractivity (Wildman–Crippen MR) is 119 cm³/mol. The molecule has 5 nitrogen and oxygen atoms in total. The van der Waals surface area contributed by atoms with Gasteiger partial charge in [0.2, 0.25) is 0 Å². The lowest BCUT2D eigenvalue weighted by Crippen LogP contribution is -2.45. The van der Waals surface area contributed by atoms with Crippen molar-refractivity contribution in [2.24, 2.45) is 5.92 Å². The number of likely N-dealkylation sites (tertiary alicyclic amines) is 1. The van der Waals surface area contributed by atoms with Crippen LogP contribution in [0.25, 0.3) is 0 Å². The van der Waals surface area contributed by atoms with Gasteiger partial charge in [0.1, 0.15) is 10.8 Å². The maximum absolute atomic E-state index is 4.77. The molecule has 0 spiro atoms. The highest BCUT2D eigenvalue weighted by molar-refractivity contribution is 7.98. The van der Waals surface area contributed by atoms with Gasteiger partial charge < -0.3 is 5.32 Å². The van der Waals surface area contributed by atoms with E-state index in [1.54, 1.807) is 11.8 Å². The minimum atomic E-state index is 0.415. The summed E-state index contributed by atoms with van der Waals surface area (Å²) in [7, 11) is 0. The number of hydrogen-bond acceptors (Lipinski definition) is 6. The first kappa shape index (κ1) is 19.9. The molecule has 150 valence electrons. The lowest BCUT2D eigenvalue weighted by molar-refractivity contribution is 0.163. The van der Waals surface area contributed by atoms with Crippen molar-refractivity contribution in [3.05, 3.63) is 78.4 Å². The van der Waals surface area contributed by atoms with Gasteiger partial charge in [-0.2, -0.15) is 0 Å². The van der Waals surface area contributed by atoms with Crippen molar-refractivity contribution in [3.63, 3.8) is 0 Å². The summed E-state index contributed by atoms with van der Waals surface area (Å²) in [6.07, 6.45) is 6.64. The van der Waals surface area contributed by atoms with Crippen molar-refractivity contribution < 1.29 is 0 Å². The van der Waals surface area contributed by atoms with Crippen molar-refractivity contribution in [1.82, 2.24) is 19.9 Å². The molecule has 2 aromatic heterocycles. The standard InChI is InChI=1S/C23H27N5S/c1-18-15-28(16-20-9-5-6-11-25-20)12-10-21(18)26-22-13-24-14-23(27-22)29-17-19-7-3-2-4-8-19/h2-9,11,13-14,18,21H,10,12,15-17H2,1H3,(H,26,27). The normalized spacial score (nSPS) is 19.8. The van der Waals surface area contributed by atoms with Gasteiger partial charge in [0.25, 0.3) is 0 Å². The molecule has 6 heteroatoms. The van der Waals surface area contributed by atoms with Gasteiger partial charge in [-0.25, -0.2) is 4.98 Å². The Morgan fingerprint density at radius 2 is 1.97 bits per heavy atom. The number of piperidine rings is 1. The van der Waals surface area contributed by atoms with E-state index in [1.165, 1.54) is 5.56 Å². The fourth-order valence-electron chi connectivity index (χ4n) is 3.72. The number of nitrogens with one attached hydrogen (secondary N) is 1. The van der Waals surface area contributed by atoms with Crippen LogP contribution in [-0.2, 0) is 12.3 Å². The first-order valence-electron chi connectivity index (χ1n) is 10.1. The summed E-state index contributed by atoms with van der Waals surface area (Å²) in [5.41, 5.74) is 2.44. The van der Waals surface area contributed by atoms with Crippen LogP contribution >= 0.6 is 11.8 Å². The van der Waals surface area contributed by atoms with Crippen LogP contribution in [0.4, 0.5) is 5.82 Å². The highest BCUT2D eigenvalue weighted by atomic mass is 32.2. The van der Waals surface area contributed by atoms with E-state index in [0.29, 0.717) is 12.0 Å². The number of benzene rings is 1. The molecule has 1 saturated heterocycles. The summed E-state index contributed by atoms with van der Waals surface area (Å²) in [5.74, 6) is 2.31. The molecule has 1 aromatic carbocycles. The van der Waals surface area contributed by atoms with Gasteiger partial charge in [-0.05, 0) is 30.0 Å². The molecule has 4 rings (SSSR count). The van der Waals surface area contributed by atoms with E-state index in [0.717, 1.165) is 48.3 Å². The number of aromatic nitrogens is 3. The van der Waals surface area contributed by atoms with Crippen molar-refractivity contribution in [1.29, 1.82) is 0 Å². The number of anilines is 1. The van der Waals surface area contributed by atoms with E-state index in [-0.39, 0.29) is 0 Å². The van der Waals surface area contributed by atoms with Crippen molar-refractivity contribution >= 4 is 17.6 Å². The topological polar surface area (TPSA) is 53.9 Å². The first-order valence-corrected chi connectivity index (χ1v) is 11.1. The molecule has 0 amide bonds. The zero-order valence-corrected chi connectivity index (χ0v) is 17.6. The second-order valence-electron chi connectivity index (χ2n) is 7.59. The van der Waals surface area contributed by atoms with Crippen LogP contribution in [0.15, 0.2) is 72.1 Å². The maximum atomic E-state index is 4.77. The highest BCUT2D eigenvalue weighted by Crippen LogP contribution is 2.24. The zero-order chi connectivity index (χ0) is 19.9. The van der Waals surface area contributed by atoms with Crippen LogP contribution in [0, 0.1) is 5.92 Å². The second-order valence-corrected chi connectivity index (χ2v) is 8.59.